The van der Waals surface area contributed by atoms with E-state index in [2.05, 4.69) is 74.6 Å². The Kier molecular flexibility index (Phi) is 35.7. The summed E-state index contributed by atoms with van der Waals surface area (Å²) in [6.07, 6.45) is 38.2. The molecule has 3 unspecified atom stereocenters. The van der Waals surface area contributed by atoms with E-state index in [0.717, 1.165) is 70.6 Å². The van der Waals surface area contributed by atoms with Crippen LogP contribution in [0.25, 0.3) is 0 Å². The number of carbonyl (C=O) groups is 2. The number of esters is 2. The van der Waals surface area contributed by atoms with Crippen molar-refractivity contribution in [2.75, 3.05) is 47.5 Å². The Hall–Kier alpha value is -2.63. The molecule has 0 heterocycles. The molecule has 334 valence electrons. The van der Waals surface area contributed by atoms with Crippen LogP contribution >= 0.6 is 7.82 Å². The number of hydrogen-bond donors (Lipinski definition) is 2. The maximum absolute atomic E-state index is 12.7. The summed E-state index contributed by atoms with van der Waals surface area (Å²) in [5, 5.41) is 20.7. The molecule has 11 nitrogen and oxygen atoms in total. The first-order chi connectivity index (χ1) is 27.8. The van der Waals surface area contributed by atoms with Gasteiger partial charge in [-0.15, -0.1) is 0 Å². The number of ether oxygens (including phenoxy) is 2. The molecule has 0 spiro atoms. The zero-order chi connectivity index (χ0) is 43.2. The lowest BCUT2D eigenvalue weighted by molar-refractivity contribution is -0.870. The number of phosphoric ester groups is 1. The molecule has 0 aliphatic heterocycles. The monoisotopic (exact) mass is 838 g/mol. The van der Waals surface area contributed by atoms with Crippen LogP contribution in [0.2, 0.25) is 0 Å². The molecule has 0 saturated carbocycles. The number of aliphatic hydroxyl groups is 2. The van der Waals surface area contributed by atoms with E-state index in [-0.39, 0.29) is 32.3 Å². The average Bonchev–Trinajstić information content (AvgIpc) is 3.17. The van der Waals surface area contributed by atoms with E-state index in [1.54, 1.807) is 0 Å². The molecule has 0 amide bonds. The normalized spacial score (nSPS) is 15.4. The summed E-state index contributed by atoms with van der Waals surface area (Å²) in [4.78, 5) is 37.6. The van der Waals surface area contributed by atoms with Gasteiger partial charge in [-0.1, -0.05) is 119 Å². The molecule has 0 rings (SSSR count). The van der Waals surface area contributed by atoms with Gasteiger partial charge in [-0.05, 0) is 83.5 Å². The number of quaternary nitrogens is 1. The largest absolute Gasteiger partial charge is 0.756 e. The molecule has 12 heteroatoms. The van der Waals surface area contributed by atoms with Gasteiger partial charge >= 0.3 is 11.9 Å². The standard InChI is InChI=1S/C46H80NO10P/c1-6-8-10-12-14-16-18-20-21-22-24-26-28-30-32-36-46(51)57-42(41-56-58(52,53)55-39-38-47(3,4)5)40-54-45(50)37-33-35-44(49)43(48)34-31-29-27-25-23-19-17-15-13-11-9-7-2/h8,10,14-17,20-21,23,25,29,31,42-44,48-49H,6-7,9,11-13,18-19,22,24,26-28,30,32-41H2,1-5H3/b10-8-,16-14-,17-15-,21-20-,25-23-,31-29-/t42-,43?,44?/m1/s1. The number of likely N-dealkylation sites (N-methyl/N-ethyl adjacent to an activating group) is 1. The van der Waals surface area contributed by atoms with E-state index < -0.39 is 51.3 Å². The molecule has 0 aromatic heterocycles. The highest BCUT2D eigenvalue weighted by atomic mass is 31.2. The molecule has 0 aromatic rings. The number of allylic oxidation sites excluding steroid dienone is 11. The molecule has 58 heavy (non-hydrogen) atoms. The van der Waals surface area contributed by atoms with Crippen molar-refractivity contribution in [3.63, 3.8) is 0 Å². The maximum atomic E-state index is 12.7. The molecule has 0 radical (unpaired) electrons. The van der Waals surface area contributed by atoms with Crippen LogP contribution in [0.15, 0.2) is 72.9 Å². The molecule has 0 fully saturated rings. The Balaban J connectivity index is 4.65. The Morgan fingerprint density at radius 2 is 1.17 bits per heavy atom. The van der Waals surface area contributed by atoms with Gasteiger partial charge in [0.2, 0.25) is 0 Å². The molecular formula is C46H80NO10P. The lowest BCUT2D eigenvalue weighted by Gasteiger charge is -2.28. The summed E-state index contributed by atoms with van der Waals surface area (Å²) < 4.78 is 33.6. The second-order valence-corrected chi connectivity index (χ2v) is 17.0. The highest BCUT2D eigenvalue weighted by molar-refractivity contribution is 7.45. The van der Waals surface area contributed by atoms with Crippen LogP contribution in [-0.2, 0) is 32.7 Å². The van der Waals surface area contributed by atoms with Crippen LogP contribution in [0, 0.1) is 0 Å². The minimum Gasteiger partial charge on any atom is -0.756 e. The van der Waals surface area contributed by atoms with Crippen LogP contribution < -0.4 is 4.89 Å². The molecule has 0 aliphatic rings. The van der Waals surface area contributed by atoms with Crippen molar-refractivity contribution in [1.29, 1.82) is 0 Å². The van der Waals surface area contributed by atoms with Crippen LogP contribution in [0.4, 0.5) is 0 Å². The van der Waals surface area contributed by atoms with Gasteiger partial charge < -0.3 is 38.1 Å². The number of carbonyl (C=O) groups excluding carboxylic acids is 2. The summed E-state index contributed by atoms with van der Waals surface area (Å²) in [6, 6.07) is 0. The predicted octanol–water partition coefficient (Wildman–Crippen LogP) is 9.55. The van der Waals surface area contributed by atoms with Crippen molar-refractivity contribution in [2.45, 2.75) is 161 Å². The second-order valence-electron chi connectivity index (χ2n) is 15.6. The SMILES string of the molecule is CC/C=C\C/C=C\C/C=C\CCCCCCCC(=O)O[C@H](COC(=O)CCCC(O)C(O)C/C=C\C/C=C\C/C=C\CCCCC)COP(=O)([O-])OCC[N+](C)(C)C. The van der Waals surface area contributed by atoms with Crippen molar-refractivity contribution in [3.05, 3.63) is 72.9 Å². The van der Waals surface area contributed by atoms with Crippen LogP contribution in [0.1, 0.15) is 142 Å². The van der Waals surface area contributed by atoms with Crippen molar-refractivity contribution >= 4 is 19.8 Å². The van der Waals surface area contributed by atoms with Crippen LogP contribution in [-0.4, -0.2) is 92.5 Å². The molecule has 0 bridgehead atoms. The van der Waals surface area contributed by atoms with E-state index in [4.69, 9.17) is 18.5 Å². The minimum atomic E-state index is -4.70. The van der Waals surface area contributed by atoms with Crippen molar-refractivity contribution in [2.24, 2.45) is 0 Å². The van der Waals surface area contributed by atoms with E-state index >= 15 is 0 Å². The van der Waals surface area contributed by atoms with Crippen molar-refractivity contribution in [1.82, 2.24) is 0 Å². The van der Waals surface area contributed by atoms with E-state index in [0.29, 0.717) is 23.9 Å². The first kappa shape index (κ1) is 55.4. The lowest BCUT2D eigenvalue weighted by atomic mass is 10.0. The van der Waals surface area contributed by atoms with E-state index in [9.17, 15) is 29.3 Å². The Bertz CT molecular complexity index is 1250. The van der Waals surface area contributed by atoms with E-state index in [1.165, 1.54) is 19.3 Å². The molecule has 0 aromatic carbocycles. The van der Waals surface area contributed by atoms with Gasteiger partial charge in [-0.3, -0.25) is 14.2 Å². The second kappa shape index (κ2) is 37.4. The van der Waals surface area contributed by atoms with E-state index in [1.807, 2.05) is 33.3 Å². The zero-order valence-corrected chi connectivity index (χ0v) is 37.6. The molecule has 4 atom stereocenters. The lowest BCUT2D eigenvalue weighted by Crippen LogP contribution is -2.37. The maximum Gasteiger partial charge on any atom is 0.306 e. The Morgan fingerprint density at radius 3 is 1.78 bits per heavy atom. The fourth-order valence-electron chi connectivity index (χ4n) is 5.36. The summed E-state index contributed by atoms with van der Waals surface area (Å²) in [7, 11) is 0.987. The first-order valence-corrected chi connectivity index (χ1v) is 23.3. The van der Waals surface area contributed by atoms with Gasteiger partial charge in [0.25, 0.3) is 7.82 Å². The summed E-state index contributed by atoms with van der Waals surface area (Å²) in [5.74, 6) is -1.15. The van der Waals surface area contributed by atoms with Gasteiger partial charge in [0, 0.05) is 12.8 Å². The number of hydrogen-bond acceptors (Lipinski definition) is 10. The number of unbranched alkanes of at least 4 members (excludes halogenated alkanes) is 8. The number of rotatable bonds is 38. The summed E-state index contributed by atoms with van der Waals surface area (Å²) in [5.41, 5.74) is 0. The number of aliphatic hydroxyl groups excluding tert-OH is 2. The van der Waals surface area contributed by atoms with Crippen molar-refractivity contribution < 1.29 is 52.3 Å². The molecule has 0 aliphatic carbocycles. The summed E-state index contributed by atoms with van der Waals surface area (Å²) in [6.45, 7) is 3.70. The predicted molar refractivity (Wildman–Crippen MR) is 234 cm³/mol. The molecule has 2 N–H and O–H groups in total. The third kappa shape index (κ3) is 38.9. The molecular weight excluding hydrogens is 757 g/mol. The van der Waals surface area contributed by atoms with Crippen molar-refractivity contribution in [3.8, 4) is 0 Å². The number of nitrogens with zero attached hydrogens (tertiary/aromatic N) is 1. The molecule has 0 saturated heterocycles. The van der Waals surface area contributed by atoms with Gasteiger partial charge in [0.15, 0.2) is 6.10 Å². The third-order valence-corrected chi connectivity index (χ3v) is 9.88. The van der Waals surface area contributed by atoms with Gasteiger partial charge in [0.1, 0.15) is 19.8 Å². The smallest absolute Gasteiger partial charge is 0.306 e. The number of phosphoric acid groups is 1. The Morgan fingerprint density at radius 1 is 0.638 bits per heavy atom. The Labute approximate surface area is 352 Å². The first-order valence-electron chi connectivity index (χ1n) is 21.8. The third-order valence-electron chi connectivity index (χ3n) is 8.91. The zero-order valence-electron chi connectivity index (χ0n) is 36.7. The highest BCUT2D eigenvalue weighted by Gasteiger charge is 2.22. The van der Waals surface area contributed by atoms with Crippen LogP contribution in [0.5, 0.6) is 0 Å². The fraction of sp³-hybridized carbons (Fsp3) is 0.696. The highest BCUT2D eigenvalue weighted by Crippen LogP contribution is 2.38. The summed E-state index contributed by atoms with van der Waals surface area (Å²) >= 11 is 0. The van der Waals surface area contributed by atoms with Gasteiger partial charge in [0.05, 0.1) is 40.0 Å². The minimum absolute atomic E-state index is 0.0447. The fourth-order valence-corrected chi connectivity index (χ4v) is 6.09. The van der Waals surface area contributed by atoms with Crippen LogP contribution in [0.3, 0.4) is 0 Å². The van der Waals surface area contributed by atoms with Gasteiger partial charge in [-0.2, -0.15) is 0 Å². The average molecular weight is 838 g/mol. The quantitative estimate of drug-likeness (QED) is 0.0202. The van der Waals surface area contributed by atoms with Gasteiger partial charge in [-0.25, -0.2) is 0 Å². The topological polar surface area (TPSA) is 152 Å².